The molecule has 2 N–H and O–H groups in total. The van der Waals surface area contributed by atoms with Crippen molar-refractivity contribution < 1.29 is 67.5 Å². The third kappa shape index (κ3) is 15.5. The van der Waals surface area contributed by atoms with Crippen LogP contribution in [0.4, 0.5) is 0 Å². The third-order valence-corrected chi connectivity index (χ3v) is 16.2. The fraction of sp³-hybridized carbons (Fsp3) is 0.833. The van der Waals surface area contributed by atoms with E-state index in [4.69, 9.17) is 23.7 Å². The Bertz CT molecular complexity index is 1740. The number of hydrogen-bond acceptors (Lipinski definition) is 14. The van der Waals surface area contributed by atoms with Gasteiger partial charge in [0.1, 0.15) is 17.8 Å². The molecule has 14 nitrogen and oxygen atoms in total. The number of rotatable bonds is 9. The molecule has 3 fully saturated rings. The summed E-state index contributed by atoms with van der Waals surface area (Å²) in [6, 6.07) is 0. The molecule has 0 amide bonds. The van der Waals surface area contributed by atoms with Crippen LogP contribution >= 0.6 is 0 Å². The Hall–Kier alpha value is -3.01. The number of fused-ring (bicyclic) bond motifs is 3. The van der Waals surface area contributed by atoms with Gasteiger partial charge in [-0.3, -0.25) is 33.6 Å². The molecule has 4 rings (SSSR count). The minimum atomic E-state index is -1.90. The highest BCUT2D eigenvalue weighted by atomic mass is 16.5. The molecule has 0 aromatic heterocycles. The van der Waals surface area contributed by atoms with Gasteiger partial charge in [-0.25, -0.2) is 0 Å². The molecular formula is C54H86O14. The van der Waals surface area contributed by atoms with Crippen molar-refractivity contribution in [3.05, 3.63) is 11.6 Å². The summed E-state index contributed by atoms with van der Waals surface area (Å²) in [5.41, 5.74) is -1.95. The van der Waals surface area contributed by atoms with Gasteiger partial charge in [0.2, 0.25) is 34.7 Å². The van der Waals surface area contributed by atoms with E-state index in [2.05, 4.69) is 6.92 Å². The summed E-state index contributed by atoms with van der Waals surface area (Å²) in [6.45, 7) is 11.7. The van der Waals surface area contributed by atoms with Crippen molar-refractivity contribution in [1.29, 1.82) is 0 Å². The Kier molecular flexibility index (Phi) is 23.3. The van der Waals surface area contributed by atoms with Gasteiger partial charge >= 0.3 is 5.97 Å². The van der Waals surface area contributed by atoms with E-state index in [1.54, 1.807) is 21.1 Å². The molecule has 386 valence electrons. The molecule has 1 heterocycles. The second-order valence-electron chi connectivity index (χ2n) is 21.4. The van der Waals surface area contributed by atoms with E-state index in [1.165, 1.54) is 14.0 Å². The zero-order chi connectivity index (χ0) is 50.3. The van der Waals surface area contributed by atoms with E-state index in [0.717, 1.165) is 57.4 Å². The minimum absolute atomic E-state index is 0.0334. The first kappa shape index (κ1) is 57.6. The van der Waals surface area contributed by atoms with Crippen LogP contribution in [0, 0.1) is 47.3 Å². The van der Waals surface area contributed by atoms with E-state index >= 15 is 0 Å². The van der Waals surface area contributed by atoms with Gasteiger partial charge in [-0.15, -0.1) is 0 Å². The number of aliphatic hydroxyl groups excluding tert-OH is 1. The number of Topliss-reactive ketones (excluding diaryl/α,β-unsaturated/α-hetero) is 5. The fourth-order valence-corrected chi connectivity index (χ4v) is 11.6. The maximum Gasteiger partial charge on any atom is 0.309 e. The van der Waals surface area contributed by atoms with Crippen LogP contribution in [-0.4, -0.2) is 121 Å². The van der Waals surface area contributed by atoms with Crippen molar-refractivity contribution in [3.63, 3.8) is 0 Å². The second-order valence-corrected chi connectivity index (χ2v) is 21.4. The van der Waals surface area contributed by atoms with Crippen LogP contribution in [0.1, 0.15) is 170 Å². The van der Waals surface area contributed by atoms with Gasteiger partial charge in [-0.05, 0) is 131 Å². The second kappa shape index (κ2) is 27.6. The molecule has 3 saturated carbocycles. The molecule has 3 aliphatic carbocycles. The predicted molar refractivity (Wildman–Crippen MR) is 255 cm³/mol. The van der Waals surface area contributed by atoms with Crippen molar-refractivity contribution in [2.75, 3.05) is 27.9 Å². The molecule has 4 aliphatic rings. The zero-order valence-electron chi connectivity index (χ0n) is 42.8. The van der Waals surface area contributed by atoms with Crippen LogP contribution in [0.15, 0.2) is 11.6 Å². The highest BCUT2D eigenvalue weighted by Gasteiger charge is 2.52. The Morgan fingerprint density at radius 1 is 0.735 bits per heavy atom. The van der Waals surface area contributed by atoms with Crippen molar-refractivity contribution in [2.24, 2.45) is 47.3 Å². The average Bonchev–Trinajstić information content (AvgIpc) is 3.32. The Morgan fingerprint density at radius 3 is 2.06 bits per heavy atom. The number of esters is 1. The smallest absolute Gasteiger partial charge is 0.309 e. The summed E-state index contributed by atoms with van der Waals surface area (Å²) < 4.78 is 29.5. The quantitative estimate of drug-likeness (QED) is 0.168. The number of methoxy groups -OCH3 is 3. The van der Waals surface area contributed by atoms with Crippen LogP contribution in [0.25, 0.3) is 0 Å². The molecule has 0 radical (unpaired) electrons. The van der Waals surface area contributed by atoms with Crippen LogP contribution < -0.4 is 0 Å². The van der Waals surface area contributed by atoms with Crippen molar-refractivity contribution >= 4 is 40.7 Å². The number of ketones is 6. The molecule has 1 aliphatic heterocycles. The highest BCUT2D eigenvalue weighted by molar-refractivity contribution is 6.42. The average molecular weight is 959 g/mol. The highest BCUT2D eigenvalue weighted by Crippen LogP contribution is 2.43. The summed E-state index contributed by atoms with van der Waals surface area (Å²) in [4.78, 5) is 97.3. The molecule has 4 unspecified atom stereocenters. The van der Waals surface area contributed by atoms with Gasteiger partial charge in [0.15, 0.2) is 6.10 Å². The first-order valence-corrected chi connectivity index (χ1v) is 26.0. The first-order chi connectivity index (χ1) is 32.3. The van der Waals surface area contributed by atoms with Crippen LogP contribution in [-0.2, 0) is 57.2 Å². The van der Waals surface area contributed by atoms with Crippen LogP contribution in [0.5, 0.6) is 0 Å². The van der Waals surface area contributed by atoms with E-state index < -0.39 is 94.7 Å². The van der Waals surface area contributed by atoms with Crippen molar-refractivity contribution in [3.8, 4) is 0 Å². The van der Waals surface area contributed by atoms with E-state index in [-0.39, 0.29) is 73.2 Å². The normalized spacial score (nSPS) is 38.0. The molecule has 2 bridgehead atoms. The summed E-state index contributed by atoms with van der Waals surface area (Å²) in [7, 11) is 4.52. The number of ether oxygens (including phenoxy) is 5. The van der Waals surface area contributed by atoms with Gasteiger partial charge in [0, 0.05) is 40.3 Å². The van der Waals surface area contributed by atoms with Crippen molar-refractivity contribution in [1.82, 2.24) is 0 Å². The van der Waals surface area contributed by atoms with Gasteiger partial charge in [-0.1, -0.05) is 73.1 Å². The number of carbonyl (C=O) groups excluding carboxylic acids is 7. The maximum absolute atomic E-state index is 14.5. The number of aliphatic hydroxyl groups is 2. The summed E-state index contributed by atoms with van der Waals surface area (Å²) >= 11 is 0. The van der Waals surface area contributed by atoms with Gasteiger partial charge in [-0.2, -0.15) is 0 Å². The largest absolute Gasteiger partial charge is 0.461 e. The summed E-state index contributed by atoms with van der Waals surface area (Å²) in [5, 5.41) is 23.4. The Labute approximate surface area is 406 Å². The molecule has 15 atom stereocenters. The Balaban J connectivity index is 1.66. The fourth-order valence-electron chi connectivity index (χ4n) is 11.6. The van der Waals surface area contributed by atoms with Gasteiger partial charge in [0.25, 0.3) is 0 Å². The maximum atomic E-state index is 14.5. The van der Waals surface area contributed by atoms with E-state index in [1.807, 2.05) is 20.8 Å². The van der Waals surface area contributed by atoms with Crippen LogP contribution in [0.2, 0.25) is 0 Å². The number of carbonyl (C=O) groups is 7. The standard InChI is InChI=1S/C54H86O14/c1-10-24-67-44-23-22-37(28-47(44)65-8)26-34(4)46-30-42(56)41(55)27-35(5)48(58)51(66-9)50(60)43(57)25-32(2)16-12-11-13-17-33(3)45(64-7)29-38-21-20-36(6)54(63,31-38)52(61)49(59)39-18-14-15-19-40(39)53(62)68-46/h27,32-34,36-40,44-48,51,58,63H,10-26,28-31H2,1-9H3/b35-27+/t32?,33?,34-,36+,37-,38-,39?,40+,44+,45-,46-,47?,48-,51+,54-/m0/s1. The zero-order valence-corrected chi connectivity index (χ0v) is 42.8. The monoisotopic (exact) mass is 959 g/mol. The van der Waals surface area contributed by atoms with Crippen LogP contribution in [0.3, 0.4) is 0 Å². The topological polar surface area (TPSA) is 206 Å². The molecule has 0 spiro atoms. The molecule has 0 saturated heterocycles. The van der Waals surface area contributed by atoms with E-state index in [9.17, 15) is 43.8 Å². The number of hydrogen-bond donors (Lipinski definition) is 2. The third-order valence-electron chi connectivity index (χ3n) is 16.2. The number of allylic oxidation sites excluding steroid dienone is 1. The number of cyclic esters (lactones) is 1. The SMILES string of the molecule is CCCO[C@@H]1CC[C@@H](C[C@H](C)[C@@H]2CC(=O)C(=O)/C=C(\C)[C@H](O)[C@@H](OC)C(=O)C(=O)CC(C)CCCCCC(C)[C@@H](OC)C[C@@H]3CC[C@@H](C)[C@@](O)(C3)C(=O)C(=O)C3CCCC[C@H]3C(=O)O2)CC1OC. The molecule has 0 aromatic rings. The molecule has 14 heteroatoms. The van der Waals surface area contributed by atoms with E-state index in [0.29, 0.717) is 51.6 Å². The first-order valence-electron chi connectivity index (χ1n) is 26.0. The molecule has 68 heavy (non-hydrogen) atoms. The summed E-state index contributed by atoms with van der Waals surface area (Å²) in [6.07, 6.45) is 7.41. The Morgan fingerprint density at radius 2 is 1.40 bits per heavy atom. The molecular weight excluding hydrogens is 873 g/mol. The van der Waals surface area contributed by atoms with Gasteiger partial charge in [0.05, 0.1) is 30.7 Å². The lowest BCUT2D eigenvalue weighted by molar-refractivity contribution is -0.167. The predicted octanol–water partition coefficient (Wildman–Crippen LogP) is 7.67. The lowest BCUT2D eigenvalue weighted by Crippen LogP contribution is -2.54. The van der Waals surface area contributed by atoms with Gasteiger partial charge < -0.3 is 33.9 Å². The lowest BCUT2D eigenvalue weighted by atomic mass is 9.65. The lowest BCUT2D eigenvalue weighted by Gasteiger charge is -2.42. The van der Waals surface area contributed by atoms with Crippen molar-refractivity contribution in [2.45, 2.75) is 212 Å². The molecule has 0 aromatic carbocycles. The minimum Gasteiger partial charge on any atom is -0.461 e. The summed E-state index contributed by atoms with van der Waals surface area (Å²) in [5.74, 6) is -8.67.